The Hall–Kier alpha value is -3.75. The van der Waals surface area contributed by atoms with Gasteiger partial charge in [0.25, 0.3) is 0 Å². The number of nitrogens with zero attached hydrogens (tertiary/aromatic N) is 1. The van der Waals surface area contributed by atoms with Crippen LogP contribution in [0.2, 0.25) is 0 Å². The van der Waals surface area contributed by atoms with Gasteiger partial charge in [-0.1, -0.05) is 0 Å². The van der Waals surface area contributed by atoms with Crippen molar-refractivity contribution in [3.8, 4) is 11.3 Å². The number of aryl methyl sites for hydroxylation is 1. The Morgan fingerprint density at radius 2 is 1.71 bits per heavy atom. The third-order valence-electron chi connectivity index (χ3n) is 3.75. The van der Waals surface area contributed by atoms with E-state index in [1.165, 1.54) is 12.3 Å². The van der Waals surface area contributed by atoms with Crippen LogP contribution in [0.15, 0.2) is 53.1 Å². The predicted molar refractivity (Wildman–Crippen MR) is 98.5 cm³/mol. The average Bonchev–Trinajstić information content (AvgIpc) is 3.10. The van der Waals surface area contributed by atoms with Crippen molar-refractivity contribution in [2.45, 2.75) is 12.8 Å². The summed E-state index contributed by atoms with van der Waals surface area (Å²) in [6, 6.07) is 8.89. The number of benzene rings is 2. The van der Waals surface area contributed by atoms with Crippen LogP contribution < -0.4 is 16.4 Å². The Labute approximate surface area is 158 Å². The van der Waals surface area contributed by atoms with Crippen molar-refractivity contribution >= 4 is 23.3 Å². The van der Waals surface area contributed by atoms with Crippen molar-refractivity contribution in [2.75, 3.05) is 10.6 Å². The van der Waals surface area contributed by atoms with Crippen molar-refractivity contribution in [3.05, 3.63) is 66.2 Å². The molecule has 1 aromatic heterocycles. The number of hydrogen-bond acceptors (Lipinski definition) is 4. The predicted octanol–water partition coefficient (Wildman–Crippen LogP) is 3.68. The van der Waals surface area contributed by atoms with E-state index in [1.807, 2.05) is 0 Å². The molecule has 0 bridgehead atoms. The highest BCUT2D eigenvalue weighted by Gasteiger charge is 2.13. The van der Waals surface area contributed by atoms with Gasteiger partial charge < -0.3 is 20.8 Å². The fraction of sp³-hybridized carbons (Fsp3) is 0.105. The number of anilines is 2. The summed E-state index contributed by atoms with van der Waals surface area (Å²) in [6.07, 6.45) is 1.62. The molecule has 28 heavy (non-hydrogen) atoms. The van der Waals surface area contributed by atoms with E-state index in [2.05, 4.69) is 15.6 Å². The van der Waals surface area contributed by atoms with E-state index in [9.17, 15) is 18.4 Å². The van der Waals surface area contributed by atoms with Crippen molar-refractivity contribution in [1.29, 1.82) is 0 Å². The summed E-state index contributed by atoms with van der Waals surface area (Å²) in [6.45, 7) is 0. The van der Waals surface area contributed by atoms with Crippen LogP contribution in [-0.4, -0.2) is 16.9 Å². The first-order valence-corrected chi connectivity index (χ1v) is 8.27. The molecule has 0 fully saturated rings. The molecular weight excluding hydrogens is 370 g/mol. The Balaban J connectivity index is 1.55. The minimum atomic E-state index is -0.755. The molecule has 144 valence electrons. The molecule has 3 aromatic rings. The van der Waals surface area contributed by atoms with Crippen LogP contribution in [0.25, 0.3) is 11.3 Å². The summed E-state index contributed by atoms with van der Waals surface area (Å²) >= 11 is 0. The molecule has 3 amide bonds. The topological polar surface area (TPSA) is 110 Å². The summed E-state index contributed by atoms with van der Waals surface area (Å²) in [7, 11) is 0. The van der Waals surface area contributed by atoms with E-state index in [0.29, 0.717) is 11.4 Å². The van der Waals surface area contributed by atoms with Gasteiger partial charge in [0.05, 0.1) is 11.8 Å². The van der Waals surface area contributed by atoms with Crippen LogP contribution >= 0.6 is 0 Å². The standard InChI is InChI=1S/C19H16F2N4O3/c20-11-1-6-14(15(21)9-11)16-10-23-18(28-16)8-7-17(26)24-12-2-4-13(5-3-12)25-19(22)27/h1-6,9-10H,7-8H2,(H,24,26)(H3,22,25,27). The lowest BCUT2D eigenvalue weighted by molar-refractivity contribution is -0.116. The number of urea groups is 1. The van der Waals surface area contributed by atoms with Gasteiger partial charge in [0, 0.05) is 30.3 Å². The second kappa shape index (κ2) is 8.30. The molecule has 9 heteroatoms. The Kier molecular flexibility index (Phi) is 5.64. The number of amides is 3. The third-order valence-corrected chi connectivity index (χ3v) is 3.75. The molecule has 0 radical (unpaired) electrons. The largest absolute Gasteiger partial charge is 0.441 e. The second-order valence-corrected chi connectivity index (χ2v) is 5.86. The highest BCUT2D eigenvalue weighted by Crippen LogP contribution is 2.24. The number of nitrogens with two attached hydrogens (primary N) is 1. The van der Waals surface area contributed by atoms with Gasteiger partial charge in [-0.2, -0.15) is 0 Å². The maximum Gasteiger partial charge on any atom is 0.316 e. The Bertz CT molecular complexity index is 1000. The van der Waals surface area contributed by atoms with Crippen LogP contribution in [-0.2, 0) is 11.2 Å². The van der Waals surface area contributed by atoms with Crippen LogP contribution in [0.4, 0.5) is 25.0 Å². The summed E-state index contributed by atoms with van der Waals surface area (Å²) < 4.78 is 32.2. The summed E-state index contributed by atoms with van der Waals surface area (Å²) in [4.78, 5) is 26.8. The van der Waals surface area contributed by atoms with Crippen molar-refractivity contribution in [3.63, 3.8) is 0 Å². The van der Waals surface area contributed by atoms with Crippen molar-refractivity contribution in [2.24, 2.45) is 5.73 Å². The summed E-state index contributed by atoms with van der Waals surface area (Å²) in [5.74, 6) is -1.30. The molecule has 0 saturated heterocycles. The zero-order valence-electron chi connectivity index (χ0n) is 14.5. The fourth-order valence-corrected chi connectivity index (χ4v) is 2.46. The van der Waals surface area contributed by atoms with Crippen LogP contribution in [0.5, 0.6) is 0 Å². The SMILES string of the molecule is NC(=O)Nc1ccc(NC(=O)CCc2ncc(-c3ccc(F)cc3F)o2)cc1. The quantitative estimate of drug-likeness (QED) is 0.600. The van der Waals surface area contributed by atoms with E-state index in [4.69, 9.17) is 10.2 Å². The lowest BCUT2D eigenvalue weighted by Crippen LogP contribution is -2.19. The number of carbonyl (C=O) groups excluding carboxylic acids is 2. The van der Waals surface area contributed by atoms with E-state index in [0.717, 1.165) is 12.1 Å². The second-order valence-electron chi connectivity index (χ2n) is 5.86. The fourth-order valence-electron chi connectivity index (χ4n) is 2.46. The monoisotopic (exact) mass is 386 g/mol. The zero-order valence-corrected chi connectivity index (χ0v) is 14.5. The normalized spacial score (nSPS) is 10.5. The van der Waals surface area contributed by atoms with Crippen molar-refractivity contribution in [1.82, 2.24) is 4.98 Å². The van der Waals surface area contributed by atoms with Gasteiger partial charge in [0.15, 0.2) is 11.7 Å². The average molecular weight is 386 g/mol. The van der Waals surface area contributed by atoms with Gasteiger partial charge in [-0.15, -0.1) is 0 Å². The maximum absolute atomic E-state index is 13.8. The third kappa shape index (κ3) is 4.91. The number of primary amides is 1. The van der Waals surface area contributed by atoms with Crippen LogP contribution in [0.3, 0.4) is 0 Å². The molecule has 0 unspecified atom stereocenters. The molecule has 0 aliphatic rings. The number of nitrogens with one attached hydrogen (secondary N) is 2. The highest BCUT2D eigenvalue weighted by molar-refractivity contribution is 5.92. The van der Waals surface area contributed by atoms with Crippen molar-refractivity contribution < 1.29 is 22.8 Å². The molecule has 4 N–H and O–H groups in total. The Morgan fingerprint density at radius 3 is 2.36 bits per heavy atom. The zero-order chi connectivity index (χ0) is 20.1. The molecule has 0 aliphatic carbocycles. The van der Waals surface area contributed by atoms with E-state index < -0.39 is 17.7 Å². The van der Waals surface area contributed by atoms with E-state index >= 15 is 0 Å². The van der Waals surface area contributed by atoms with Gasteiger partial charge in [0.1, 0.15) is 11.6 Å². The first-order chi connectivity index (χ1) is 13.4. The highest BCUT2D eigenvalue weighted by atomic mass is 19.1. The summed E-state index contributed by atoms with van der Waals surface area (Å²) in [5.41, 5.74) is 6.16. The number of carbonyl (C=O) groups is 2. The minimum Gasteiger partial charge on any atom is -0.441 e. The van der Waals surface area contributed by atoms with E-state index in [-0.39, 0.29) is 36.0 Å². The number of halogens is 2. The van der Waals surface area contributed by atoms with Gasteiger partial charge >= 0.3 is 6.03 Å². The first kappa shape index (κ1) is 19.0. The summed E-state index contributed by atoms with van der Waals surface area (Å²) in [5, 5.41) is 5.11. The molecule has 1 heterocycles. The minimum absolute atomic E-state index is 0.0904. The molecule has 7 nitrogen and oxygen atoms in total. The maximum atomic E-state index is 13.8. The molecule has 3 rings (SSSR count). The molecular formula is C19H16F2N4O3. The molecule has 0 saturated carbocycles. The van der Waals surface area contributed by atoms with E-state index in [1.54, 1.807) is 24.3 Å². The van der Waals surface area contributed by atoms with Crippen LogP contribution in [0, 0.1) is 11.6 Å². The molecule has 0 atom stereocenters. The number of oxazole rings is 1. The van der Waals surface area contributed by atoms with Gasteiger partial charge in [-0.25, -0.2) is 18.6 Å². The van der Waals surface area contributed by atoms with Crippen LogP contribution in [0.1, 0.15) is 12.3 Å². The lowest BCUT2D eigenvalue weighted by atomic mass is 10.2. The first-order valence-electron chi connectivity index (χ1n) is 8.27. The van der Waals surface area contributed by atoms with Gasteiger partial charge in [0.2, 0.25) is 5.91 Å². The number of hydrogen-bond donors (Lipinski definition) is 3. The Morgan fingerprint density at radius 1 is 1.04 bits per heavy atom. The number of rotatable bonds is 6. The van der Waals surface area contributed by atoms with Gasteiger partial charge in [-0.3, -0.25) is 4.79 Å². The molecule has 0 aliphatic heterocycles. The lowest BCUT2D eigenvalue weighted by Gasteiger charge is -2.06. The molecule has 0 spiro atoms. The van der Waals surface area contributed by atoms with Gasteiger partial charge in [-0.05, 0) is 36.4 Å². The smallest absolute Gasteiger partial charge is 0.316 e. The molecule has 2 aromatic carbocycles. The number of aromatic nitrogens is 1.